The highest BCUT2D eigenvalue weighted by atomic mass is 127. The molecule has 6 nitrogen and oxygen atoms in total. The van der Waals surface area contributed by atoms with Gasteiger partial charge in [0.25, 0.3) is 0 Å². The molecule has 2 rings (SSSR count). The molecule has 0 radical (unpaired) electrons. The van der Waals surface area contributed by atoms with Gasteiger partial charge in [-0.3, -0.25) is 14.7 Å². The number of carbonyl (C=O) groups is 1. The lowest BCUT2D eigenvalue weighted by atomic mass is 10.3. The summed E-state index contributed by atoms with van der Waals surface area (Å²) in [6.07, 6.45) is 0. The summed E-state index contributed by atoms with van der Waals surface area (Å²) >= 11 is 1.97. The Morgan fingerprint density at radius 3 is 2.29 bits per heavy atom. The smallest absolute Gasteiger partial charge is 0.219 e. The Bertz CT molecular complexity index is 354. The van der Waals surface area contributed by atoms with Gasteiger partial charge in [-0.25, -0.2) is 0 Å². The Morgan fingerprint density at radius 2 is 1.71 bits per heavy atom. The lowest BCUT2D eigenvalue weighted by Gasteiger charge is -2.34. The standard InChI is InChI=1S/C13H25N5OS.HI/c1-12(19)17-6-4-16(5-7-17)3-2-15-13(14)18-8-10-20-11-9-18;/h2-11H2,1H3,(H2,14,15);1H. The topological polar surface area (TPSA) is 65.2 Å². The SMILES string of the molecule is CC(=O)N1CCN(CCN=C(N)N2CCSCC2)CC1.I. The van der Waals surface area contributed by atoms with Crippen molar-refractivity contribution in [3.63, 3.8) is 0 Å². The van der Waals surface area contributed by atoms with Crippen molar-refractivity contribution in [2.24, 2.45) is 10.7 Å². The summed E-state index contributed by atoms with van der Waals surface area (Å²) in [5, 5.41) is 0. The molecule has 2 fully saturated rings. The average Bonchev–Trinajstić information content (AvgIpc) is 2.48. The molecule has 0 aromatic heterocycles. The van der Waals surface area contributed by atoms with Crippen LogP contribution in [0.3, 0.4) is 0 Å². The molecule has 2 aliphatic rings. The summed E-state index contributed by atoms with van der Waals surface area (Å²) in [5.41, 5.74) is 6.02. The van der Waals surface area contributed by atoms with Crippen molar-refractivity contribution in [1.29, 1.82) is 0 Å². The molecule has 21 heavy (non-hydrogen) atoms. The molecule has 8 heteroatoms. The third kappa shape index (κ3) is 6.19. The van der Waals surface area contributed by atoms with Crippen molar-refractivity contribution in [1.82, 2.24) is 14.7 Å². The Balaban J connectivity index is 0.00000220. The van der Waals surface area contributed by atoms with Gasteiger partial charge in [-0.1, -0.05) is 0 Å². The number of halogens is 1. The number of aliphatic imine (C=N–C) groups is 1. The van der Waals surface area contributed by atoms with E-state index >= 15 is 0 Å². The molecule has 0 unspecified atom stereocenters. The van der Waals surface area contributed by atoms with E-state index in [9.17, 15) is 4.79 Å². The largest absolute Gasteiger partial charge is 0.370 e. The summed E-state index contributed by atoms with van der Waals surface area (Å²) < 4.78 is 0. The lowest BCUT2D eigenvalue weighted by Crippen LogP contribution is -2.48. The molecule has 0 aromatic rings. The van der Waals surface area contributed by atoms with Gasteiger partial charge in [-0.2, -0.15) is 11.8 Å². The van der Waals surface area contributed by atoms with Crippen LogP contribution in [0.1, 0.15) is 6.92 Å². The van der Waals surface area contributed by atoms with Gasteiger partial charge < -0.3 is 15.5 Å². The van der Waals surface area contributed by atoms with Gasteiger partial charge in [-0.15, -0.1) is 24.0 Å². The molecule has 0 aromatic carbocycles. The van der Waals surface area contributed by atoms with Crippen LogP contribution in [0.15, 0.2) is 4.99 Å². The van der Waals surface area contributed by atoms with Crippen LogP contribution in [0.25, 0.3) is 0 Å². The van der Waals surface area contributed by atoms with Crippen LogP contribution in [-0.4, -0.2) is 90.4 Å². The lowest BCUT2D eigenvalue weighted by molar-refractivity contribution is -0.130. The number of rotatable bonds is 3. The summed E-state index contributed by atoms with van der Waals surface area (Å²) in [7, 11) is 0. The third-order valence-electron chi connectivity index (χ3n) is 3.84. The quantitative estimate of drug-likeness (QED) is 0.394. The molecule has 0 spiro atoms. The molecular formula is C13H26IN5OS. The first-order chi connectivity index (χ1) is 9.66. The zero-order chi connectivity index (χ0) is 14.4. The van der Waals surface area contributed by atoms with Crippen molar-refractivity contribution in [3.8, 4) is 0 Å². The van der Waals surface area contributed by atoms with Crippen molar-refractivity contribution in [2.75, 3.05) is 63.9 Å². The van der Waals surface area contributed by atoms with E-state index in [1.807, 2.05) is 16.7 Å². The summed E-state index contributed by atoms with van der Waals surface area (Å²) in [6, 6.07) is 0. The fourth-order valence-corrected chi connectivity index (χ4v) is 3.39. The van der Waals surface area contributed by atoms with Crippen molar-refractivity contribution >= 4 is 47.6 Å². The fraction of sp³-hybridized carbons (Fsp3) is 0.846. The maximum absolute atomic E-state index is 11.2. The number of carbonyl (C=O) groups excluding carboxylic acids is 1. The second-order valence-electron chi connectivity index (χ2n) is 5.19. The minimum absolute atomic E-state index is 0. The van der Waals surface area contributed by atoms with Gasteiger partial charge >= 0.3 is 0 Å². The van der Waals surface area contributed by atoms with Gasteiger partial charge in [0.1, 0.15) is 0 Å². The second-order valence-corrected chi connectivity index (χ2v) is 6.41. The van der Waals surface area contributed by atoms with Crippen molar-refractivity contribution < 1.29 is 4.79 Å². The Labute approximate surface area is 148 Å². The van der Waals surface area contributed by atoms with Gasteiger partial charge in [0.15, 0.2) is 5.96 Å². The van der Waals surface area contributed by atoms with E-state index in [0.29, 0.717) is 5.96 Å². The number of hydrogen-bond acceptors (Lipinski definition) is 4. The number of amides is 1. The molecule has 2 saturated heterocycles. The van der Waals surface area contributed by atoms with E-state index in [1.165, 1.54) is 0 Å². The van der Waals surface area contributed by atoms with E-state index in [4.69, 9.17) is 5.73 Å². The molecule has 2 N–H and O–H groups in total. The highest BCUT2D eigenvalue weighted by Gasteiger charge is 2.18. The predicted octanol–water partition coefficient (Wildman–Crippen LogP) is 0.132. The second kappa shape index (κ2) is 9.73. The average molecular weight is 427 g/mol. The van der Waals surface area contributed by atoms with Crippen LogP contribution >= 0.6 is 35.7 Å². The number of piperazine rings is 1. The van der Waals surface area contributed by atoms with Crippen LogP contribution in [0.5, 0.6) is 0 Å². The highest BCUT2D eigenvalue weighted by molar-refractivity contribution is 14.0. The van der Waals surface area contributed by atoms with Crippen molar-refractivity contribution in [3.05, 3.63) is 0 Å². The zero-order valence-corrected chi connectivity index (χ0v) is 15.8. The van der Waals surface area contributed by atoms with Gasteiger partial charge in [-0.05, 0) is 0 Å². The number of guanidine groups is 1. The maximum atomic E-state index is 11.2. The third-order valence-corrected chi connectivity index (χ3v) is 4.79. The zero-order valence-electron chi connectivity index (χ0n) is 12.7. The van der Waals surface area contributed by atoms with Crippen LogP contribution in [-0.2, 0) is 4.79 Å². The normalized spacial score (nSPS) is 21.1. The summed E-state index contributed by atoms with van der Waals surface area (Å²) in [5.74, 6) is 3.15. The molecule has 0 aliphatic carbocycles. The molecule has 0 bridgehead atoms. The molecule has 0 atom stereocenters. The van der Waals surface area contributed by atoms with Crippen LogP contribution < -0.4 is 5.73 Å². The fourth-order valence-electron chi connectivity index (χ4n) is 2.48. The van der Waals surface area contributed by atoms with Crippen molar-refractivity contribution in [2.45, 2.75) is 6.92 Å². The summed E-state index contributed by atoms with van der Waals surface area (Å²) in [4.78, 5) is 22.2. The number of nitrogens with zero attached hydrogens (tertiary/aromatic N) is 4. The number of hydrogen-bond donors (Lipinski definition) is 1. The Kier molecular flexibility index (Phi) is 8.72. The van der Waals surface area contributed by atoms with E-state index in [1.54, 1.807) is 6.92 Å². The molecule has 122 valence electrons. The van der Waals surface area contributed by atoms with Crippen LogP contribution in [0.4, 0.5) is 0 Å². The number of thioether (sulfide) groups is 1. The number of nitrogens with two attached hydrogens (primary N) is 1. The van der Waals surface area contributed by atoms with E-state index in [2.05, 4.69) is 14.8 Å². The first kappa shape index (κ1) is 18.8. The molecule has 2 heterocycles. The van der Waals surface area contributed by atoms with Gasteiger partial charge in [0.05, 0.1) is 6.54 Å². The monoisotopic (exact) mass is 427 g/mol. The Hall–Kier alpha value is -0.220. The van der Waals surface area contributed by atoms with E-state index < -0.39 is 0 Å². The highest BCUT2D eigenvalue weighted by Crippen LogP contribution is 2.08. The minimum Gasteiger partial charge on any atom is -0.370 e. The Morgan fingerprint density at radius 1 is 1.10 bits per heavy atom. The first-order valence-corrected chi connectivity index (χ1v) is 8.43. The predicted molar refractivity (Wildman–Crippen MR) is 99.5 cm³/mol. The molecular weight excluding hydrogens is 401 g/mol. The molecule has 0 saturated carbocycles. The first-order valence-electron chi connectivity index (χ1n) is 7.27. The van der Waals surface area contributed by atoms with Gasteiger partial charge in [0.2, 0.25) is 5.91 Å². The van der Waals surface area contributed by atoms with Crippen LogP contribution in [0, 0.1) is 0 Å². The molecule has 1 amide bonds. The maximum Gasteiger partial charge on any atom is 0.219 e. The van der Waals surface area contributed by atoms with Gasteiger partial charge in [0, 0.05) is 64.2 Å². The van der Waals surface area contributed by atoms with E-state index in [0.717, 1.165) is 63.9 Å². The van der Waals surface area contributed by atoms with Crippen LogP contribution in [0.2, 0.25) is 0 Å². The minimum atomic E-state index is 0. The summed E-state index contributed by atoms with van der Waals surface area (Å²) in [6.45, 7) is 8.87. The van der Waals surface area contributed by atoms with E-state index in [-0.39, 0.29) is 29.9 Å². The molecule has 2 aliphatic heterocycles.